The fourth-order valence-corrected chi connectivity index (χ4v) is 3.24. The van der Waals surface area contributed by atoms with E-state index in [9.17, 15) is 4.79 Å². The van der Waals surface area contributed by atoms with Gasteiger partial charge < -0.3 is 10.2 Å². The first kappa shape index (κ1) is 11.5. The SMILES string of the molecule is Cc1nn(C)c2nc(NC3CCN(C)C3=O)sc12. The third-order valence-electron chi connectivity index (χ3n) is 3.27. The highest BCUT2D eigenvalue weighted by Crippen LogP contribution is 2.29. The second kappa shape index (κ2) is 3.94. The number of fused-ring (bicyclic) bond motifs is 1. The lowest BCUT2D eigenvalue weighted by atomic mass is 10.2. The maximum Gasteiger partial charge on any atom is 0.244 e. The van der Waals surface area contributed by atoms with Crippen molar-refractivity contribution >= 4 is 32.7 Å². The maximum atomic E-state index is 11.8. The topological polar surface area (TPSA) is 63.1 Å². The Morgan fingerprint density at radius 2 is 2.22 bits per heavy atom. The molecule has 2 aromatic heterocycles. The molecule has 7 heteroatoms. The lowest BCUT2D eigenvalue weighted by molar-refractivity contribution is -0.127. The summed E-state index contributed by atoms with van der Waals surface area (Å²) in [7, 11) is 3.71. The van der Waals surface area contributed by atoms with Crippen molar-refractivity contribution in [3.8, 4) is 0 Å². The standard InChI is InChI=1S/C11H15N5OS/c1-6-8-9(16(3)14-6)13-11(18-8)12-7-4-5-15(2)10(7)17/h7H,4-5H2,1-3H3,(H,12,13). The highest BCUT2D eigenvalue weighted by Gasteiger charge is 2.29. The Hall–Kier alpha value is -1.63. The normalized spacial score (nSPS) is 20.1. The Balaban J connectivity index is 1.87. The Bertz CT molecular complexity index is 582. The largest absolute Gasteiger partial charge is 0.350 e. The molecule has 0 saturated carbocycles. The molecular weight excluding hydrogens is 250 g/mol. The highest BCUT2D eigenvalue weighted by molar-refractivity contribution is 7.22. The van der Waals surface area contributed by atoms with Gasteiger partial charge in [-0.3, -0.25) is 4.79 Å². The number of rotatable bonds is 2. The molecule has 1 saturated heterocycles. The monoisotopic (exact) mass is 265 g/mol. The molecule has 0 aromatic carbocycles. The smallest absolute Gasteiger partial charge is 0.244 e. The van der Waals surface area contributed by atoms with Crippen molar-refractivity contribution in [3.63, 3.8) is 0 Å². The van der Waals surface area contributed by atoms with Crippen LogP contribution in [-0.2, 0) is 11.8 Å². The van der Waals surface area contributed by atoms with Crippen LogP contribution in [0.2, 0.25) is 0 Å². The van der Waals surface area contributed by atoms with E-state index >= 15 is 0 Å². The molecule has 1 unspecified atom stereocenters. The molecular formula is C11H15N5OS. The number of aromatic nitrogens is 3. The molecule has 1 aliphatic rings. The summed E-state index contributed by atoms with van der Waals surface area (Å²) in [6, 6.07) is -0.135. The minimum atomic E-state index is -0.135. The lowest BCUT2D eigenvalue weighted by Gasteiger charge is -2.10. The van der Waals surface area contributed by atoms with Crippen molar-refractivity contribution in [1.82, 2.24) is 19.7 Å². The van der Waals surface area contributed by atoms with E-state index in [1.165, 1.54) is 0 Å². The van der Waals surface area contributed by atoms with Crippen LogP contribution in [0.25, 0.3) is 10.3 Å². The summed E-state index contributed by atoms with van der Waals surface area (Å²) in [5.74, 6) is 0.143. The third-order valence-corrected chi connectivity index (χ3v) is 4.35. The predicted octanol–water partition coefficient (Wildman–Crippen LogP) is 0.981. The second-order valence-electron chi connectivity index (χ2n) is 4.63. The van der Waals surface area contributed by atoms with Gasteiger partial charge in [-0.25, -0.2) is 9.67 Å². The Kier molecular flexibility index (Phi) is 2.51. The van der Waals surface area contributed by atoms with Gasteiger partial charge in [-0.15, -0.1) is 0 Å². The summed E-state index contributed by atoms with van der Waals surface area (Å²) in [5, 5.41) is 8.34. The molecule has 3 heterocycles. The third kappa shape index (κ3) is 1.66. The molecule has 1 atom stereocenters. The van der Waals surface area contributed by atoms with E-state index in [1.54, 1.807) is 20.9 Å². The summed E-state index contributed by atoms with van der Waals surface area (Å²) in [4.78, 5) is 18.1. The van der Waals surface area contributed by atoms with Gasteiger partial charge >= 0.3 is 0 Å². The molecule has 2 aromatic rings. The number of nitrogens with one attached hydrogen (secondary N) is 1. The number of likely N-dealkylation sites (tertiary alicyclic amines) is 1. The molecule has 1 aliphatic heterocycles. The number of aryl methyl sites for hydroxylation is 2. The Morgan fingerprint density at radius 3 is 2.83 bits per heavy atom. The van der Waals surface area contributed by atoms with Crippen molar-refractivity contribution in [2.24, 2.45) is 7.05 Å². The van der Waals surface area contributed by atoms with E-state index < -0.39 is 0 Å². The minimum absolute atomic E-state index is 0.135. The van der Waals surface area contributed by atoms with E-state index in [1.807, 2.05) is 21.0 Å². The molecule has 0 bridgehead atoms. The zero-order valence-electron chi connectivity index (χ0n) is 10.6. The summed E-state index contributed by atoms with van der Waals surface area (Å²) in [5.41, 5.74) is 1.85. The number of carbonyl (C=O) groups excluding carboxylic acids is 1. The van der Waals surface area contributed by atoms with Crippen molar-refractivity contribution in [2.75, 3.05) is 18.9 Å². The van der Waals surface area contributed by atoms with Crippen LogP contribution in [0.15, 0.2) is 0 Å². The molecule has 1 fully saturated rings. The summed E-state index contributed by atoms with van der Waals surface area (Å²) < 4.78 is 2.85. The Labute approximate surface area is 109 Å². The molecule has 0 spiro atoms. The molecule has 1 amide bonds. The average Bonchev–Trinajstić information content (AvgIpc) is 2.94. The number of nitrogens with zero attached hydrogens (tertiary/aromatic N) is 4. The van der Waals surface area contributed by atoms with Crippen LogP contribution in [-0.4, -0.2) is 45.2 Å². The molecule has 0 radical (unpaired) electrons. The second-order valence-corrected chi connectivity index (χ2v) is 5.63. The van der Waals surface area contributed by atoms with Gasteiger partial charge in [0.1, 0.15) is 6.04 Å². The van der Waals surface area contributed by atoms with Gasteiger partial charge in [-0.2, -0.15) is 5.10 Å². The van der Waals surface area contributed by atoms with Gasteiger partial charge in [0.15, 0.2) is 10.8 Å². The number of likely N-dealkylation sites (N-methyl/N-ethyl adjacent to an activating group) is 1. The van der Waals surface area contributed by atoms with Crippen molar-refractivity contribution in [2.45, 2.75) is 19.4 Å². The molecule has 18 heavy (non-hydrogen) atoms. The fourth-order valence-electron chi connectivity index (χ4n) is 2.25. The van der Waals surface area contributed by atoms with E-state index in [2.05, 4.69) is 15.4 Å². The number of amides is 1. The van der Waals surface area contributed by atoms with Crippen LogP contribution < -0.4 is 5.32 Å². The van der Waals surface area contributed by atoms with Crippen LogP contribution >= 0.6 is 11.3 Å². The van der Waals surface area contributed by atoms with Gasteiger partial charge in [0.05, 0.1) is 10.4 Å². The summed E-state index contributed by atoms with van der Waals surface area (Å²) in [6.45, 7) is 2.78. The zero-order valence-corrected chi connectivity index (χ0v) is 11.4. The van der Waals surface area contributed by atoms with Crippen LogP contribution in [0.1, 0.15) is 12.1 Å². The first-order valence-electron chi connectivity index (χ1n) is 5.88. The quantitative estimate of drug-likeness (QED) is 0.879. The number of carbonyl (C=O) groups is 1. The van der Waals surface area contributed by atoms with E-state index in [0.29, 0.717) is 0 Å². The number of thiazole rings is 1. The Morgan fingerprint density at radius 1 is 1.44 bits per heavy atom. The number of anilines is 1. The van der Waals surface area contributed by atoms with E-state index in [4.69, 9.17) is 0 Å². The van der Waals surface area contributed by atoms with Gasteiger partial charge in [0.25, 0.3) is 0 Å². The van der Waals surface area contributed by atoms with E-state index in [-0.39, 0.29) is 11.9 Å². The first-order valence-corrected chi connectivity index (χ1v) is 6.69. The molecule has 6 nitrogen and oxygen atoms in total. The van der Waals surface area contributed by atoms with Crippen molar-refractivity contribution < 1.29 is 4.79 Å². The van der Waals surface area contributed by atoms with Crippen LogP contribution in [0.4, 0.5) is 5.13 Å². The number of hydrogen-bond acceptors (Lipinski definition) is 5. The van der Waals surface area contributed by atoms with Crippen molar-refractivity contribution in [1.29, 1.82) is 0 Å². The fraction of sp³-hybridized carbons (Fsp3) is 0.545. The van der Waals surface area contributed by atoms with Gasteiger partial charge in [0.2, 0.25) is 5.91 Å². The summed E-state index contributed by atoms with van der Waals surface area (Å²) >= 11 is 1.56. The summed E-state index contributed by atoms with van der Waals surface area (Å²) in [6.07, 6.45) is 0.836. The maximum absolute atomic E-state index is 11.8. The van der Waals surface area contributed by atoms with Crippen LogP contribution in [0.3, 0.4) is 0 Å². The molecule has 1 N–H and O–H groups in total. The molecule has 0 aliphatic carbocycles. The number of hydrogen-bond donors (Lipinski definition) is 1. The zero-order chi connectivity index (χ0) is 12.9. The molecule has 3 rings (SSSR count). The van der Waals surface area contributed by atoms with E-state index in [0.717, 1.165) is 34.1 Å². The highest BCUT2D eigenvalue weighted by atomic mass is 32.1. The minimum Gasteiger partial charge on any atom is -0.350 e. The lowest BCUT2D eigenvalue weighted by Crippen LogP contribution is -2.30. The van der Waals surface area contributed by atoms with Gasteiger partial charge in [-0.1, -0.05) is 11.3 Å². The first-order chi connectivity index (χ1) is 8.56. The van der Waals surface area contributed by atoms with Crippen LogP contribution in [0, 0.1) is 6.92 Å². The van der Waals surface area contributed by atoms with Crippen LogP contribution in [0.5, 0.6) is 0 Å². The average molecular weight is 265 g/mol. The van der Waals surface area contributed by atoms with Gasteiger partial charge in [-0.05, 0) is 13.3 Å². The van der Waals surface area contributed by atoms with Crippen molar-refractivity contribution in [3.05, 3.63) is 5.69 Å². The molecule has 96 valence electrons. The predicted molar refractivity (Wildman–Crippen MR) is 70.8 cm³/mol. The van der Waals surface area contributed by atoms with Gasteiger partial charge in [0, 0.05) is 20.6 Å².